The number of pyridine rings is 1. The molecule has 1 aromatic heterocycles. The van der Waals surface area contributed by atoms with Crippen molar-refractivity contribution < 1.29 is 14.8 Å². The minimum absolute atomic E-state index is 0.111. The van der Waals surface area contributed by atoms with E-state index in [1.54, 1.807) is 0 Å². The average molecular weight is 279 g/mol. The van der Waals surface area contributed by atoms with Crippen molar-refractivity contribution in [1.82, 2.24) is 4.98 Å². The Balaban J connectivity index is 2.49. The number of piperidine rings is 1. The summed E-state index contributed by atoms with van der Waals surface area (Å²) in [5, 5.41) is 20.0. The summed E-state index contributed by atoms with van der Waals surface area (Å²) in [6, 6.07) is 1.43. The second kappa shape index (κ2) is 5.44. The van der Waals surface area contributed by atoms with Crippen LogP contribution in [-0.4, -0.2) is 33.1 Å². The van der Waals surface area contributed by atoms with Gasteiger partial charge in [-0.05, 0) is 33.1 Å². The normalized spacial score (nSPS) is 22.6. The van der Waals surface area contributed by atoms with Crippen LogP contribution in [0.2, 0.25) is 0 Å². The molecular formula is C13H17N3O4. The van der Waals surface area contributed by atoms with Gasteiger partial charge in [0, 0.05) is 18.2 Å². The predicted octanol–water partition coefficient (Wildman–Crippen LogP) is 2.46. The fraction of sp³-hybridized carbons (Fsp3) is 0.538. The number of nitrogens with zero attached hydrogens (tertiary/aromatic N) is 3. The van der Waals surface area contributed by atoms with Crippen LogP contribution in [0.15, 0.2) is 12.3 Å². The zero-order valence-corrected chi connectivity index (χ0v) is 11.4. The van der Waals surface area contributed by atoms with Crippen LogP contribution >= 0.6 is 0 Å². The van der Waals surface area contributed by atoms with Crippen LogP contribution in [0, 0.1) is 10.1 Å². The van der Waals surface area contributed by atoms with Crippen LogP contribution in [0.3, 0.4) is 0 Å². The minimum atomic E-state index is -1.19. The van der Waals surface area contributed by atoms with E-state index in [0.29, 0.717) is 5.82 Å². The van der Waals surface area contributed by atoms with E-state index in [1.807, 2.05) is 18.7 Å². The van der Waals surface area contributed by atoms with E-state index in [-0.39, 0.29) is 23.3 Å². The number of carbonyl (C=O) groups is 1. The molecular weight excluding hydrogens is 262 g/mol. The molecule has 0 unspecified atom stereocenters. The van der Waals surface area contributed by atoms with Crippen molar-refractivity contribution in [3.63, 3.8) is 0 Å². The Labute approximate surface area is 116 Å². The standard InChI is InChI=1S/C13H17N3O4/c1-8-4-3-5-9(2)15(8)12-11(13(17)18)6-10(7-14-12)16(19)20/h6-9H,3-5H2,1-2H3,(H,17,18)/t8-,9+. The SMILES string of the molecule is C[C@@H]1CCC[C@H](C)N1c1ncc([N+](=O)[O-])cc1C(=O)O. The lowest BCUT2D eigenvalue weighted by atomic mass is 9.97. The van der Waals surface area contributed by atoms with Crippen LogP contribution in [0.4, 0.5) is 11.5 Å². The maximum absolute atomic E-state index is 11.4. The molecule has 1 aliphatic rings. The van der Waals surface area contributed by atoms with Gasteiger partial charge in [0.25, 0.3) is 5.69 Å². The van der Waals surface area contributed by atoms with Crippen molar-refractivity contribution in [2.75, 3.05) is 4.90 Å². The molecule has 0 spiro atoms. The molecule has 2 rings (SSSR count). The first-order valence-corrected chi connectivity index (χ1v) is 6.58. The predicted molar refractivity (Wildman–Crippen MR) is 73.1 cm³/mol. The smallest absolute Gasteiger partial charge is 0.339 e. The molecule has 2 atom stereocenters. The van der Waals surface area contributed by atoms with Crippen molar-refractivity contribution in [3.05, 3.63) is 27.9 Å². The molecule has 0 radical (unpaired) electrons. The van der Waals surface area contributed by atoms with Gasteiger partial charge in [-0.2, -0.15) is 0 Å². The number of hydrogen-bond acceptors (Lipinski definition) is 5. The Hall–Kier alpha value is -2.18. The summed E-state index contributed by atoms with van der Waals surface area (Å²) in [5.74, 6) is -0.871. The maximum Gasteiger partial charge on any atom is 0.339 e. The molecule has 0 saturated carbocycles. The number of anilines is 1. The second-order valence-corrected chi connectivity index (χ2v) is 5.16. The first-order valence-electron chi connectivity index (χ1n) is 6.58. The number of nitro groups is 1. The minimum Gasteiger partial charge on any atom is -0.478 e. The number of carboxylic acids is 1. The molecule has 0 amide bonds. The van der Waals surface area contributed by atoms with Crippen LogP contribution in [-0.2, 0) is 0 Å². The molecule has 1 fully saturated rings. The number of hydrogen-bond donors (Lipinski definition) is 1. The van der Waals surface area contributed by atoms with Crippen molar-refractivity contribution in [2.45, 2.75) is 45.2 Å². The number of aromatic nitrogens is 1. The zero-order valence-electron chi connectivity index (χ0n) is 11.4. The molecule has 20 heavy (non-hydrogen) atoms. The summed E-state index contributed by atoms with van der Waals surface area (Å²) in [5.41, 5.74) is -0.414. The van der Waals surface area contributed by atoms with Gasteiger partial charge in [-0.1, -0.05) is 0 Å². The highest BCUT2D eigenvalue weighted by Gasteiger charge is 2.30. The van der Waals surface area contributed by atoms with E-state index < -0.39 is 10.9 Å². The third-order valence-electron chi connectivity index (χ3n) is 3.73. The van der Waals surface area contributed by atoms with E-state index in [9.17, 15) is 20.0 Å². The van der Waals surface area contributed by atoms with Crippen molar-refractivity contribution >= 4 is 17.5 Å². The van der Waals surface area contributed by atoms with Gasteiger partial charge in [0.15, 0.2) is 0 Å². The van der Waals surface area contributed by atoms with Gasteiger partial charge in [0.1, 0.15) is 17.6 Å². The highest BCUT2D eigenvalue weighted by Crippen LogP contribution is 2.31. The molecule has 1 aliphatic heterocycles. The van der Waals surface area contributed by atoms with Crippen molar-refractivity contribution in [2.24, 2.45) is 0 Å². The lowest BCUT2D eigenvalue weighted by molar-refractivity contribution is -0.385. The number of aromatic carboxylic acids is 1. The van der Waals surface area contributed by atoms with Gasteiger partial charge in [0.05, 0.1) is 4.92 Å². The third kappa shape index (κ3) is 2.56. The van der Waals surface area contributed by atoms with Gasteiger partial charge in [-0.15, -0.1) is 0 Å². The summed E-state index contributed by atoms with van der Waals surface area (Å²) >= 11 is 0. The lowest BCUT2D eigenvalue weighted by Crippen LogP contribution is -2.45. The third-order valence-corrected chi connectivity index (χ3v) is 3.73. The maximum atomic E-state index is 11.4. The van der Waals surface area contributed by atoms with E-state index in [2.05, 4.69) is 4.98 Å². The van der Waals surface area contributed by atoms with Crippen molar-refractivity contribution in [3.8, 4) is 0 Å². The first-order chi connectivity index (χ1) is 9.41. The van der Waals surface area contributed by atoms with E-state index in [1.165, 1.54) is 0 Å². The van der Waals surface area contributed by atoms with Crippen molar-refractivity contribution in [1.29, 1.82) is 0 Å². The zero-order chi connectivity index (χ0) is 14.9. The highest BCUT2D eigenvalue weighted by atomic mass is 16.6. The molecule has 108 valence electrons. The second-order valence-electron chi connectivity index (χ2n) is 5.16. The monoisotopic (exact) mass is 279 g/mol. The Bertz CT molecular complexity index is 536. The molecule has 0 aliphatic carbocycles. The molecule has 0 aromatic carbocycles. The van der Waals surface area contributed by atoms with Gasteiger partial charge < -0.3 is 10.0 Å². The summed E-state index contributed by atoms with van der Waals surface area (Å²) in [6.07, 6.45) is 4.13. The van der Waals surface area contributed by atoms with Gasteiger partial charge in [-0.25, -0.2) is 9.78 Å². The Kier molecular flexibility index (Phi) is 3.87. The van der Waals surface area contributed by atoms with E-state index in [4.69, 9.17) is 0 Å². The van der Waals surface area contributed by atoms with E-state index >= 15 is 0 Å². The summed E-state index contributed by atoms with van der Waals surface area (Å²) in [7, 11) is 0. The fourth-order valence-electron chi connectivity index (χ4n) is 2.75. The first kappa shape index (κ1) is 14.2. The van der Waals surface area contributed by atoms with Gasteiger partial charge >= 0.3 is 5.97 Å². The van der Waals surface area contributed by atoms with E-state index in [0.717, 1.165) is 31.5 Å². The van der Waals surface area contributed by atoms with Crippen LogP contribution < -0.4 is 4.90 Å². The number of rotatable bonds is 3. The Morgan fingerprint density at radius 2 is 2.05 bits per heavy atom. The number of carboxylic acid groups (broad SMARTS) is 1. The molecule has 7 nitrogen and oxygen atoms in total. The molecule has 7 heteroatoms. The molecule has 2 heterocycles. The Morgan fingerprint density at radius 1 is 1.45 bits per heavy atom. The van der Waals surface area contributed by atoms with Crippen LogP contribution in [0.25, 0.3) is 0 Å². The Morgan fingerprint density at radius 3 is 2.55 bits per heavy atom. The highest BCUT2D eigenvalue weighted by molar-refractivity contribution is 5.94. The summed E-state index contributed by atoms with van der Waals surface area (Å²) in [6.45, 7) is 4.04. The van der Waals surface area contributed by atoms with Crippen LogP contribution in [0.1, 0.15) is 43.5 Å². The lowest BCUT2D eigenvalue weighted by Gasteiger charge is -2.40. The molecule has 1 saturated heterocycles. The van der Waals surface area contributed by atoms with Crippen LogP contribution in [0.5, 0.6) is 0 Å². The summed E-state index contributed by atoms with van der Waals surface area (Å²) < 4.78 is 0. The topological polar surface area (TPSA) is 96.6 Å². The molecule has 0 bridgehead atoms. The fourth-order valence-corrected chi connectivity index (χ4v) is 2.75. The van der Waals surface area contributed by atoms with Gasteiger partial charge in [0.2, 0.25) is 0 Å². The van der Waals surface area contributed by atoms with Gasteiger partial charge in [-0.3, -0.25) is 10.1 Å². The molecule has 1 N–H and O–H groups in total. The summed E-state index contributed by atoms with van der Waals surface area (Å²) in [4.78, 5) is 27.5. The molecule has 1 aromatic rings. The average Bonchev–Trinajstić information content (AvgIpc) is 2.38. The quantitative estimate of drug-likeness (QED) is 0.674. The largest absolute Gasteiger partial charge is 0.478 e.